The van der Waals surface area contributed by atoms with E-state index in [1.165, 1.54) is 18.4 Å². The van der Waals surface area contributed by atoms with Crippen LogP contribution in [0.3, 0.4) is 0 Å². The van der Waals surface area contributed by atoms with E-state index in [2.05, 4.69) is 34.3 Å². The molecule has 0 fully saturated rings. The van der Waals surface area contributed by atoms with Gasteiger partial charge in [0.1, 0.15) is 0 Å². The third-order valence-electron chi connectivity index (χ3n) is 2.04. The Morgan fingerprint density at radius 1 is 1.40 bits per heavy atom. The van der Waals surface area contributed by atoms with Crippen molar-refractivity contribution in [3.63, 3.8) is 0 Å². The summed E-state index contributed by atoms with van der Waals surface area (Å²) >= 11 is 0. The summed E-state index contributed by atoms with van der Waals surface area (Å²) in [6, 6.07) is 0. The summed E-state index contributed by atoms with van der Waals surface area (Å²) in [6.07, 6.45) is 2.57. The van der Waals surface area contributed by atoms with E-state index < -0.39 is 0 Å². The number of rotatable bonds is 4. The molecule has 0 aromatic rings. The Kier molecular flexibility index (Phi) is 4.42. The van der Waals surface area contributed by atoms with Crippen LogP contribution in [0, 0.1) is 11.8 Å². The highest BCUT2D eigenvalue weighted by atomic mass is 14.2. The van der Waals surface area contributed by atoms with Gasteiger partial charge >= 0.3 is 0 Å². The van der Waals surface area contributed by atoms with Crippen LogP contribution < -0.4 is 0 Å². The standard InChI is InChI=1S/C10H20/c1-6-7-10(8(2)3)9(4)5/h9-10H,2,6-7H2,1,3-5H3/t10-/m1/s1. The van der Waals surface area contributed by atoms with Gasteiger partial charge in [0.05, 0.1) is 0 Å². The summed E-state index contributed by atoms with van der Waals surface area (Å²) in [5.41, 5.74) is 1.34. The summed E-state index contributed by atoms with van der Waals surface area (Å²) in [6.45, 7) is 12.9. The van der Waals surface area contributed by atoms with Crippen molar-refractivity contribution in [2.45, 2.75) is 40.5 Å². The maximum absolute atomic E-state index is 4.00. The third kappa shape index (κ3) is 3.05. The van der Waals surface area contributed by atoms with Crippen LogP contribution in [0.2, 0.25) is 0 Å². The second-order valence-electron chi connectivity index (χ2n) is 3.49. The van der Waals surface area contributed by atoms with Crippen molar-refractivity contribution in [1.29, 1.82) is 0 Å². The Hall–Kier alpha value is -0.260. The van der Waals surface area contributed by atoms with Crippen LogP contribution in [0.5, 0.6) is 0 Å². The second kappa shape index (κ2) is 4.54. The van der Waals surface area contributed by atoms with Crippen LogP contribution >= 0.6 is 0 Å². The number of hydrogen-bond donors (Lipinski definition) is 0. The van der Waals surface area contributed by atoms with Crippen molar-refractivity contribution < 1.29 is 0 Å². The van der Waals surface area contributed by atoms with Gasteiger partial charge in [-0.1, -0.05) is 39.3 Å². The average molecular weight is 140 g/mol. The van der Waals surface area contributed by atoms with Crippen molar-refractivity contribution in [3.8, 4) is 0 Å². The maximum atomic E-state index is 4.00. The molecule has 0 aliphatic heterocycles. The molecule has 0 bridgehead atoms. The van der Waals surface area contributed by atoms with Gasteiger partial charge in [-0.25, -0.2) is 0 Å². The summed E-state index contributed by atoms with van der Waals surface area (Å²) in [4.78, 5) is 0. The smallest absolute Gasteiger partial charge is 0.0186 e. The minimum atomic E-state index is 0.741. The molecule has 60 valence electrons. The van der Waals surface area contributed by atoms with Gasteiger partial charge in [-0.05, 0) is 25.2 Å². The highest BCUT2D eigenvalue weighted by molar-refractivity contribution is 4.96. The van der Waals surface area contributed by atoms with E-state index in [-0.39, 0.29) is 0 Å². The van der Waals surface area contributed by atoms with Crippen LogP contribution in [0.25, 0.3) is 0 Å². The highest BCUT2D eigenvalue weighted by Gasteiger charge is 2.11. The lowest BCUT2D eigenvalue weighted by Crippen LogP contribution is -2.08. The van der Waals surface area contributed by atoms with Crippen LogP contribution in [0.1, 0.15) is 40.5 Å². The molecule has 0 radical (unpaired) electrons. The topological polar surface area (TPSA) is 0 Å². The number of hydrogen-bond acceptors (Lipinski definition) is 0. The second-order valence-corrected chi connectivity index (χ2v) is 3.49. The molecule has 0 heteroatoms. The van der Waals surface area contributed by atoms with Gasteiger partial charge in [-0.3, -0.25) is 0 Å². The Morgan fingerprint density at radius 3 is 2.00 bits per heavy atom. The maximum Gasteiger partial charge on any atom is -0.0186 e. The molecule has 0 amide bonds. The molecule has 0 aromatic carbocycles. The minimum Gasteiger partial charge on any atom is -0.0999 e. The molecule has 0 spiro atoms. The van der Waals surface area contributed by atoms with E-state index in [0.717, 1.165) is 11.8 Å². The summed E-state index contributed by atoms with van der Waals surface area (Å²) in [5.74, 6) is 1.50. The van der Waals surface area contributed by atoms with E-state index >= 15 is 0 Å². The fourth-order valence-corrected chi connectivity index (χ4v) is 1.46. The molecular weight excluding hydrogens is 120 g/mol. The van der Waals surface area contributed by atoms with Gasteiger partial charge in [0.25, 0.3) is 0 Å². The minimum absolute atomic E-state index is 0.741. The van der Waals surface area contributed by atoms with E-state index in [1.54, 1.807) is 0 Å². The van der Waals surface area contributed by atoms with Crippen molar-refractivity contribution in [2.24, 2.45) is 11.8 Å². The predicted octanol–water partition coefficient (Wildman–Crippen LogP) is 3.63. The Morgan fingerprint density at radius 2 is 1.90 bits per heavy atom. The van der Waals surface area contributed by atoms with Gasteiger partial charge in [0.2, 0.25) is 0 Å². The first-order valence-corrected chi connectivity index (χ1v) is 4.25. The largest absolute Gasteiger partial charge is 0.0999 e. The van der Waals surface area contributed by atoms with Crippen LogP contribution in [0.15, 0.2) is 12.2 Å². The van der Waals surface area contributed by atoms with E-state index in [0.29, 0.717) is 0 Å². The third-order valence-corrected chi connectivity index (χ3v) is 2.04. The molecular formula is C10H20. The molecule has 0 aromatic heterocycles. The zero-order valence-corrected chi connectivity index (χ0v) is 7.78. The summed E-state index contributed by atoms with van der Waals surface area (Å²) in [7, 11) is 0. The molecule has 0 aliphatic rings. The lowest BCUT2D eigenvalue weighted by molar-refractivity contribution is 0.412. The van der Waals surface area contributed by atoms with Crippen molar-refractivity contribution >= 4 is 0 Å². The first-order valence-electron chi connectivity index (χ1n) is 4.25. The highest BCUT2D eigenvalue weighted by Crippen LogP contribution is 2.23. The van der Waals surface area contributed by atoms with Gasteiger partial charge in [0, 0.05) is 0 Å². The molecule has 0 aliphatic carbocycles. The lowest BCUT2D eigenvalue weighted by atomic mass is 9.86. The van der Waals surface area contributed by atoms with E-state index in [1.807, 2.05) is 0 Å². The summed E-state index contributed by atoms with van der Waals surface area (Å²) < 4.78 is 0. The SMILES string of the molecule is C=C(C)[C@@H](CCC)C(C)C. The van der Waals surface area contributed by atoms with Crippen LogP contribution in [-0.4, -0.2) is 0 Å². The quantitative estimate of drug-likeness (QED) is 0.523. The van der Waals surface area contributed by atoms with Crippen molar-refractivity contribution in [1.82, 2.24) is 0 Å². The van der Waals surface area contributed by atoms with Gasteiger partial charge in [0.15, 0.2) is 0 Å². The fourth-order valence-electron chi connectivity index (χ4n) is 1.46. The van der Waals surface area contributed by atoms with E-state index in [4.69, 9.17) is 0 Å². The number of allylic oxidation sites excluding steroid dienone is 1. The zero-order valence-electron chi connectivity index (χ0n) is 7.78. The molecule has 0 rings (SSSR count). The first kappa shape index (κ1) is 9.74. The van der Waals surface area contributed by atoms with Gasteiger partial charge in [-0.2, -0.15) is 0 Å². The molecule has 0 heterocycles. The zero-order chi connectivity index (χ0) is 8.15. The molecule has 0 saturated carbocycles. The lowest BCUT2D eigenvalue weighted by Gasteiger charge is -2.19. The molecule has 10 heavy (non-hydrogen) atoms. The molecule has 1 atom stereocenters. The van der Waals surface area contributed by atoms with Gasteiger partial charge in [-0.15, -0.1) is 0 Å². The average Bonchev–Trinajstić information content (AvgIpc) is 1.81. The van der Waals surface area contributed by atoms with Crippen LogP contribution in [0.4, 0.5) is 0 Å². The molecule has 0 unspecified atom stereocenters. The van der Waals surface area contributed by atoms with Crippen molar-refractivity contribution in [2.75, 3.05) is 0 Å². The monoisotopic (exact) mass is 140 g/mol. The first-order chi connectivity index (χ1) is 4.59. The summed E-state index contributed by atoms with van der Waals surface area (Å²) in [5, 5.41) is 0. The molecule has 0 N–H and O–H groups in total. The fraction of sp³-hybridized carbons (Fsp3) is 0.800. The van der Waals surface area contributed by atoms with E-state index in [9.17, 15) is 0 Å². The molecule has 0 nitrogen and oxygen atoms in total. The van der Waals surface area contributed by atoms with Crippen molar-refractivity contribution in [3.05, 3.63) is 12.2 Å². The van der Waals surface area contributed by atoms with Crippen LogP contribution in [-0.2, 0) is 0 Å². The normalized spacial score (nSPS) is 13.7. The Balaban J connectivity index is 3.85. The van der Waals surface area contributed by atoms with Gasteiger partial charge < -0.3 is 0 Å². The Bertz CT molecular complexity index is 101. The Labute approximate surface area is 65.3 Å². The molecule has 0 saturated heterocycles. The predicted molar refractivity (Wildman–Crippen MR) is 48.1 cm³/mol.